The topological polar surface area (TPSA) is 54.0 Å². The maximum absolute atomic E-state index is 12.2. The lowest BCUT2D eigenvalue weighted by Gasteiger charge is -2.15. The lowest BCUT2D eigenvalue weighted by molar-refractivity contribution is -0.118. The predicted octanol–water partition coefficient (Wildman–Crippen LogP) is 2.17. The Bertz CT molecular complexity index is 612. The van der Waals surface area contributed by atoms with E-state index in [2.05, 4.69) is 27.8 Å². The predicted molar refractivity (Wildman–Crippen MR) is 83.1 cm³/mol. The highest BCUT2D eigenvalue weighted by Gasteiger charge is 2.22. The summed E-state index contributed by atoms with van der Waals surface area (Å²) in [6.07, 6.45) is 6.26. The molecule has 4 nitrogen and oxygen atoms in total. The van der Waals surface area contributed by atoms with E-state index >= 15 is 0 Å². The zero-order chi connectivity index (χ0) is 14.5. The van der Waals surface area contributed by atoms with Crippen molar-refractivity contribution in [3.05, 3.63) is 59.9 Å². The molecule has 1 aliphatic heterocycles. The van der Waals surface area contributed by atoms with Crippen LogP contribution in [-0.4, -0.2) is 23.5 Å². The molecule has 1 aromatic heterocycles. The Kier molecular flexibility index (Phi) is 4.26. The molecule has 2 heterocycles. The average molecular weight is 281 g/mol. The molecule has 21 heavy (non-hydrogen) atoms. The van der Waals surface area contributed by atoms with Crippen LogP contribution in [-0.2, 0) is 17.6 Å². The van der Waals surface area contributed by atoms with Crippen LogP contribution in [0.15, 0.2) is 48.8 Å². The number of fused-ring (bicyclic) bond motifs is 1. The Balaban J connectivity index is 1.56. The first-order valence-corrected chi connectivity index (χ1v) is 7.34. The highest BCUT2D eigenvalue weighted by molar-refractivity contribution is 5.96. The Morgan fingerprint density at radius 1 is 1.24 bits per heavy atom. The number of nitrogens with zero attached hydrogens (tertiary/aromatic N) is 1. The summed E-state index contributed by atoms with van der Waals surface area (Å²) < 4.78 is 0. The van der Waals surface area contributed by atoms with Crippen molar-refractivity contribution in [2.45, 2.75) is 25.3 Å². The first-order valence-electron chi connectivity index (χ1n) is 7.34. The average Bonchev–Trinajstić information content (AvgIpc) is 2.68. The van der Waals surface area contributed by atoms with Crippen molar-refractivity contribution in [3.8, 4) is 0 Å². The van der Waals surface area contributed by atoms with Crippen LogP contribution in [0, 0.1) is 0 Å². The number of hydrogen-bond donors (Lipinski definition) is 2. The van der Waals surface area contributed by atoms with Crippen molar-refractivity contribution in [2.24, 2.45) is 0 Å². The molecule has 4 heteroatoms. The number of amides is 1. The van der Waals surface area contributed by atoms with E-state index in [0.29, 0.717) is 0 Å². The van der Waals surface area contributed by atoms with Gasteiger partial charge in [-0.2, -0.15) is 0 Å². The van der Waals surface area contributed by atoms with Crippen LogP contribution in [0.5, 0.6) is 0 Å². The van der Waals surface area contributed by atoms with Crippen molar-refractivity contribution in [1.82, 2.24) is 10.3 Å². The monoisotopic (exact) mass is 281 g/mol. The molecule has 1 unspecified atom stereocenters. The number of benzene rings is 1. The first kappa shape index (κ1) is 13.8. The second kappa shape index (κ2) is 6.50. The number of hydrogen-bond acceptors (Lipinski definition) is 3. The molecule has 0 fully saturated rings. The molecule has 0 saturated heterocycles. The van der Waals surface area contributed by atoms with Gasteiger partial charge in [-0.1, -0.05) is 24.3 Å². The number of rotatable bonds is 4. The summed E-state index contributed by atoms with van der Waals surface area (Å²) >= 11 is 0. The fourth-order valence-electron chi connectivity index (χ4n) is 2.64. The lowest BCUT2D eigenvalue weighted by atomic mass is 10.1. The van der Waals surface area contributed by atoms with Crippen LogP contribution in [0.1, 0.15) is 17.5 Å². The quantitative estimate of drug-likeness (QED) is 0.903. The Hall–Kier alpha value is -2.20. The van der Waals surface area contributed by atoms with Gasteiger partial charge in [0, 0.05) is 18.1 Å². The first-order chi connectivity index (χ1) is 10.3. The third kappa shape index (κ3) is 3.47. The van der Waals surface area contributed by atoms with Crippen LogP contribution in [0.25, 0.3) is 0 Å². The van der Waals surface area contributed by atoms with Gasteiger partial charge in [0.15, 0.2) is 0 Å². The normalized spacial score (nSPS) is 17.7. The minimum absolute atomic E-state index is 0.0612. The lowest BCUT2D eigenvalue weighted by Crippen LogP contribution is -2.40. The number of para-hydroxylation sites is 1. The van der Waals surface area contributed by atoms with E-state index in [1.54, 1.807) is 6.20 Å². The summed E-state index contributed by atoms with van der Waals surface area (Å²) in [6.45, 7) is 0.778. The number of anilines is 1. The zero-order valence-electron chi connectivity index (χ0n) is 11.9. The van der Waals surface area contributed by atoms with Crippen LogP contribution < -0.4 is 10.6 Å². The number of nitrogens with one attached hydrogen (secondary N) is 2. The van der Waals surface area contributed by atoms with Gasteiger partial charge in [0.05, 0.1) is 6.04 Å². The Morgan fingerprint density at radius 3 is 3.00 bits per heavy atom. The molecule has 2 N–H and O–H groups in total. The maximum atomic E-state index is 12.2. The third-order valence-corrected chi connectivity index (χ3v) is 3.82. The van der Waals surface area contributed by atoms with Crippen molar-refractivity contribution in [3.63, 3.8) is 0 Å². The second-order valence-electron chi connectivity index (χ2n) is 5.30. The van der Waals surface area contributed by atoms with E-state index in [1.807, 2.05) is 30.5 Å². The van der Waals surface area contributed by atoms with Gasteiger partial charge in [0.2, 0.25) is 5.91 Å². The highest BCUT2D eigenvalue weighted by atomic mass is 16.2. The van der Waals surface area contributed by atoms with Crippen LogP contribution in [0.2, 0.25) is 0 Å². The number of aryl methyl sites for hydroxylation is 1. The Labute approximate surface area is 124 Å². The molecule has 2 aromatic rings. The highest BCUT2D eigenvalue weighted by Crippen LogP contribution is 2.21. The molecule has 1 aliphatic rings. The number of carbonyl (C=O) groups excluding carboxylic acids is 1. The van der Waals surface area contributed by atoms with Crippen molar-refractivity contribution < 1.29 is 4.79 Å². The minimum atomic E-state index is -0.130. The summed E-state index contributed by atoms with van der Waals surface area (Å²) in [4.78, 5) is 16.3. The van der Waals surface area contributed by atoms with Gasteiger partial charge in [-0.25, -0.2) is 0 Å². The molecule has 1 atom stereocenters. The summed E-state index contributed by atoms with van der Waals surface area (Å²) in [5, 5.41) is 6.36. The number of pyridine rings is 1. The fourth-order valence-corrected chi connectivity index (χ4v) is 2.64. The molecular weight excluding hydrogens is 262 g/mol. The molecule has 0 radical (unpaired) electrons. The van der Waals surface area contributed by atoms with Gasteiger partial charge in [-0.05, 0) is 49.1 Å². The van der Waals surface area contributed by atoms with Gasteiger partial charge in [0.1, 0.15) is 0 Å². The Morgan fingerprint density at radius 2 is 2.14 bits per heavy atom. The largest absolute Gasteiger partial charge is 0.324 e. The van der Waals surface area contributed by atoms with Gasteiger partial charge in [-0.15, -0.1) is 0 Å². The molecule has 0 bridgehead atoms. The van der Waals surface area contributed by atoms with Crippen LogP contribution in [0.3, 0.4) is 0 Å². The number of carbonyl (C=O) groups is 1. The molecular formula is C17H19N3O. The molecule has 108 valence electrons. The number of aromatic nitrogens is 1. The van der Waals surface area contributed by atoms with Crippen LogP contribution in [0.4, 0.5) is 5.69 Å². The van der Waals surface area contributed by atoms with Gasteiger partial charge in [-0.3, -0.25) is 9.78 Å². The third-order valence-electron chi connectivity index (χ3n) is 3.82. The molecule has 0 spiro atoms. The van der Waals surface area contributed by atoms with E-state index in [1.165, 1.54) is 11.1 Å². The molecule has 3 rings (SSSR count). The summed E-state index contributed by atoms with van der Waals surface area (Å²) in [5.41, 5.74) is 3.34. The van der Waals surface area contributed by atoms with E-state index in [-0.39, 0.29) is 11.9 Å². The van der Waals surface area contributed by atoms with Crippen LogP contribution >= 0.6 is 0 Å². The van der Waals surface area contributed by atoms with E-state index in [4.69, 9.17) is 0 Å². The zero-order valence-corrected chi connectivity index (χ0v) is 11.9. The van der Waals surface area contributed by atoms with Gasteiger partial charge >= 0.3 is 0 Å². The molecule has 0 saturated carbocycles. The van der Waals surface area contributed by atoms with E-state index in [9.17, 15) is 4.79 Å². The summed E-state index contributed by atoms with van der Waals surface area (Å²) in [5.74, 6) is 0.0612. The summed E-state index contributed by atoms with van der Waals surface area (Å²) in [7, 11) is 0. The molecule has 1 amide bonds. The maximum Gasteiger partial charge on any atom is 0.241 e. The van der Waals surface area contributed by atoms with Crippen molar-refractivity contribution in [2.75, 3.05) is 11.9 Å². The SMILES string of the molecule is O=C1Nc2ccccc2CCC1NCCc1cccnc1. The van der Waals surface area contributed by atoms with E-state index < -0.39 is 0 Å². The fraction of sp³-hybridized carbons (Fsp3) is 0.294. The standard InChI is InChI=1S/C17H19N3O/c21-17-16(19-11-9-13-4-3-10-18-12-13)8-7-14-5-1-2-6-15(14)20-17/h1-6,10,12,16,19H,7-9,11H2,(H,20,21). The van der Waals surface area contributed by atoms with Gasteiger partial charge in [0.25, 0.3) is 0 Å². The smallest absolute Gasteiger partial charge is 0.241 e. The van der Waals surface area contributed by atoms with Crippen molar-refractivity contribution >= 4 is 11.6 Å². The second-order valence-corrected chi connectivity index (χ2v) is 5.30. The van der Waals surface area contributed by atoms with Gasteiger partial charge < -0.3 is 10.6 Å². The molecule has 0 aliphatic carbocycles. The van der Waals surface area contributed by atoms with E-state index in [0.717, 1.165) is 31.5 Å². The minimum Gasteiger partial charge on any atom is -0.324 e. The van der Waals surface area contributed by atoms with Crippen molar-refractivity contribution in [1.29, 1.82) is 0 Å². The summed E-state index contributed by atoms with van der Waals surface area (Å²) in [6, 6.07) is 11.9. The molecule has 1 aromatic carbocycles.